The average molecular weight is 467 g/mol. The summed E-state index contributed by atoms with van der Waals surface area (Å²) in [5.41, 5.74) is 4.03. The van der Waals surface area contributed by atoms with Crippen LogP contribution >= 0.6 is 0 Å². The van der Waals surface area contributed by atoms with Crippen LogP contribution in [0, 0.1) is 0 Å². The number of fused-ring (bicyclic) bond motifs is 3. The Bertz CT molecular complexity index is 1030. The zero-order chi connectivity index (χ0) is 24.3. The number of ether oxygens (including phenoxy) is 2. The van der Waals surface area contributed by atoms with Gasteiger partial charge >= 0.3 is 12.1 Å². The van der Waals surface area contributed by atoms with Gasteiger partial charge in [-0.3, -0.25) is 9.59 Å². The number of aliphatic carboxylic acids is 1. The van der Waals surface area contributed by atoms with Crippen molar-refractivity contribution < 1.29 is 29.0 Å². The molecule has 8 heteroatoms. The molecule has 34 heavy (non-hydrogen) atoms. The number of hydrogen-bond acceptors (Lipinski definition) is 5. The molecule has 1 unspecified atom stereocenters. The first-order valence-electron chi connectivity index (χ1n) is 11.5. The molecule has 1 fully saturated rings. The van der Waals surface area contributed by atoms with Crippen molar-refractivity contribution in [2.75, 3.05) is 27.4 Å². The molecule has 0 aromatic heterocycles. The number of nitrogens with zero attached hydrogens (tertiary/aromatic N) is 1. The summed E-state index contributed by atoms with van der Waals surface area (Å²) in [4.78, 5) is 38.6. The van der Waals surface area contributed by atoms with Crippen LogP contribution in [0.15, 0.2) is 48.5 Å². The number of nitrogens with one attached hydrogen (secondary N) is 1. The Morgan fingerprint density at radius 2 is 1.68 bits per heavy atom. The van der Waals surface area contributed by atoms with Gasteiger partial charge in [0.1, 0.15) is 12.6 Å². The van der Waals surface area contributed by atoms with Gasteiger partial charge in [-0.05, 0) is 41.5 Å². The van der Waals surface area contributed by atoms with Gasteiger partial charge in [0.25, 0.3) is 0 Å². The topological polar surface area (TPSA) is 105 Å². The van der Waals surface area contributed by atoms with Gasteiger partial charge in [0.05, 0.1) is 12.1 Å². The Balaban J connectivity index is 1.43. The Morgan fingerprint density at radius 1 is 1.09 bits per heavy atom. The lowest BCUT2D eigenvalue weighted by Crippen LogP contribution is -2.52. The van der Waals surface area contributed by atoms with Crippen molar-refractivity contribution >= 4 is 18.0 Å². The van der Waals surface area contributed by atoms with E-state index in [9.17, 15) is 14.4 Å². The summed E-state index contributed by atoms with van der Waals surface area (Å²) in [7, 11) is 3.25. The van der Waals surface area contributed by atoms with E-state index < -0.39 is 23.6 Å². The van der Waals surface area contributed by atoms with Gasteiger partial charge in [0.2, 0.25) is 5.91 Å². The number of carbonyl (C=O) groups is 3. The minimum absolute atomic E-state index is 0.0221. The van der Waals surface area contributed by atoms with Gasteiger partial charge in [0, 0.05) is 26.5 Å². The maximum absolute atomic E-state index is 13.1. The van der Waals surface area contributed by atoms with Crippen molar-refractivity contribution in [3.63, 3.8) is 0 Å². The van der Waals surface area contributed by atoms with Gasteiger partial charge in [-0.25, -0.2) is 4.79 Å². The predicted molar refractivity (Wildman–Crippen MR) is 125 cm³/mol. The second-order valence-corrected chi connectivity index (χ2v) is 9.01. The SMILES string of the molecule is COCC1(N(C)C(=O)C(CCC(=O)O)NC(=O)OCC2c3ccccc3-c3ccccc32)CC1. The van der Waals surface area contributed by atoms with E-state index in [0.717, 1.165) is 35.1 Å². The van der Waals surface area contributed by atoms with Crippen LogP contribution in [-0.4, -0.2) is 66.9 Å². The normalized spacial score (nSPS) is 16.2. The molecule has 0 spiro atoms. The van der Waals surface area contributed by atoms with E-state index in [1.54, 1.807) is 19.1 Å². The number of hydrogen-bond donors (Lipinski definition) is 2. The molecule has 2 amide bonds. The highest BCUT2D eigenvalue weighted by Crippen LogP contribution is 2.44. The van der Waals surface area contributed by atoms with Crippen LogP contribution < -0.4 is 5.32 Å². The Hall–Kier alpha value is -3.39. The van der Waals surface area contributed by atoms with Crippen LogP contribution in [0.4, 0.5) is 4.79 Å². The lowest BCUT2D eigenvalue weighted by atomic mass is 9.98. The average Bonchev–Trinajstić information content (AvgIpc) is 3.55. The number of carbonyl (C=O) groups excluding carboxylic acids is 2. The number of benzene rings is 2. The third kappa shape index (κ3) is 4.77. The number of likely N-dealkylation sites (N-methyl/N-ethyl adjacent to an activating group) is 1. The molecule has 8 nitrogen and oxygen atoms in total. The van der Waals surface area contributed by atoms with Crippen LogP contribution in [-0.2, 0) is 19.1 Å². The molecule has 1 atom stereocenters. The smallest absolute Gasteiger partial charge is 0.407 e. The van der Waals surface area contributed by atoms with Crippen molar-refractivity contribution in [1.82, 2.24) is 10.2 Å². The fourth-order valence-corrected chi connectivity index (χ4v) is 4.76. The molecule has 1 saturated carbocycles. The standard InChI is InChI=1S/C26H30N2O6/c1-28(26(13-14-26)16-33-2)24(31)22(11-12-23(29)30)27-25(32)34-15-21-19-9-5-3-7-17(19)18-8-4-6-10-20(18)21/h3-10,21-22H,11-16H2,1-2H3,(H,27,32)(H,29,30). The van der Waals surface area contributed by atoms with Crippen LogP contribution in [0.5, 0.6) is 0 Å². The van der Waals surface area contributed by atoms with Gasteiger partial charge in [0.15, 0.2) is 0 Å². The lowest BCUT2D eigenvalue weighted by molar-refractivity contribution is -0.138. The highest BCUT2D eigenvalue weighted by molar-refractivity contribution is 5.87. The minimum Gasteiger partial charge on any atom is -0.481 e. The van der Waals surface area contributed by atoms with Crippen molar-refractivity contribution in [2.45, 2.75) is 43.2 Å². The molecule has 180 valence electrons. The second kappa shape index (κ2) is 9.85. The molecule has 2 aromatic carbocycles. The predicted octanol–water partition coefficient (Wildman–Crippen LogP) is 3.40. The van der Waals surface area contributed by atoms with Crippen LogP contribution in [0.25, 0.3) is 11.1 Å². The van der Waals surface area contributed by atoms with Crippen molar-refractivity contribution in [2.24, 2.45) is 0 Å². The number of methoxy groups -OCH3 is 1. The van der Waals surface area contributed by atoms with Crippen molar-refractivity contribution in [1.29, 1.82) is 0 Å². The summed E-state index contributed by atoms with van der Waals surface area (Å²) < 4.78 is 10.8. The fraction of sp³-hybridized carbons (Fsp3) is 0.423. The summed E-state index contributed by atoms with van der Waals surface area (Å²) in [5, 5.41) is 11.7. The summed E-state index contributed by atoms with van der Waals surface area (Å²) >= 11 is 0. The largest absolute Gasteiger partial charge is 0.481 e. The van der Waals surface area contributed by atoms with Crippen molar-refractivity contribution in [3.8, 4) is 11.1 Å². The molecule has 2 N–H and O–H groups in total. The van der Waals surface area contributed by atoms with Gasteiger partial charge < -0.3 is 24.8 Å². The van der Waals surface area contributed by atoms with E-state index in [4.69, 9.17) is 14.6 Å². The monoisotopic (exact) mass is 466 g/mol. The first-order chi connectivity index (χ1) is 16.4. The van der Waals surface area contributed by atoms with Crippen molar-refractivity contribution in [3.05, 3.63) is 59.7 Å². The molecule has 2 aliphatic carbocycles. The number of rotatable bonds is 10. The van der Waals surface area contributed by atoms with Gasteiger partial charge in [-0.2, -0.15) is 0 Å². The van der Waals surface area contributed by atoms with E-state index in [-0.39, 0.29) is 31.3 Å². The molecule has 2 aromatic rings. The molecular weight excluding hydrogens is 436 g/mol. The van der Waals surface area contributed by atoms with Crippen LogP contribution in [0.2, 0.25) is 0 Å². The zero-order valence-corrected chi connectivity index (χ0v) is 19.5. The number of amides is 2. The number of carboxylic acids is 1. The summed E-state index contributed by atoms with van der Waals surface area (Å²) in [6.45, 7) is 0.509. The van der Waals surface area contributed by atoms with Crippen LogP contribution in [0.3, 0.4) is 0 Å². The number of carboxylic acid groups (broad SMARTS) is 1. The van der Waals surface area contributed by atoms with E-state index in [1.807, 2.05) is 36.4 Å². The lowest BCUT2D eigenvalue weighted by Gasteiger charge is -2.31. The fourth-order valence-electron chi connectivity index (χ4n) is 4.76. The maximum atomic E-state index is 13.1. The third-order valence-electron chi connectivity index (χ3n) is 6.86. The molecular formula is C26H30N2O6. The molecule has 4 rings (SSSR count). The zero-order valence-electron chi connectivity index (χ0n) is 19.5. The Kier molecular flexibility index (Phi) is 6.88. The van der Waals surface area contributed by atoms with E-state index in [0.29, 0.717) is 6.61 Å². The second-order valence-electron chi connectivity index (χ2n) is 9.01. The quantitative estimate of drug-likeness (QED) is 0.556. The van der Waals surface area contributed by atoms with E-state index in [2.05, 4.69) is 17.4 Å². The molecule has 0 radical (unpaired) electrons. The highest BCUT2D eigenvalue weighted by Gasteiger charge is 2.49. The minimum atomic E-state index is -1.03. The van der Waals surface area contributed by atoms with Crippen LogP contribution in [0.1, 0.15) is 42.7 Å². The molecule has 2 aliphatic rings. The van der Waals surface area contributed by atoms with Gasteiger partial charge in [-0.15, -0.1) is 0 Å². The maximum Gasteiger partial charge on any atom is 0.407 e. The molecule has 0 aliphatic heterocycles. The third-order valence-corrected chi connectivity index (χ3v) is 6.86. The summed E-state index contributed by atoms with van der Waals surface area (Å²) in [6.07, 6.45) is 0.603. The first kappa shape index (κ1) is 23.8. The first-order valence-corrected chi connectivity index (χ1v) is 11.5. The molecule has 0 saturated heterocycles. The Labute approximate surface area is 198 Å². The molecule has 0 heterocycles. The Morgan fingerprint density at radius 3 is 2.21 bits per heavy atom. The number of alkyl carbamates (subject to hydrolysis) is 1. The van der Waals surface area contributed by atoms with E-state index in [1.165, 1.54) is 0 Å². The molecule has 0 bridgehead atoms. The summed E-state index contributed by atoms with van der Waals surface area (Å²) in [5.74, 6) is -1.48. The highest BCUT2D eigenvalue weighted by atomic mass is 16.5. The van der Waals surface area contributed by atoms with E-state index >= 15 is 0 Å². The van der Waals surface area contributed by atoms with Gasteiger partial charge in [-0.1, -0.05) is 48.5 Å². The summed E-state index contributed by atoms with van der Waals surface area (Å²) in [6, 6.07) is 15.1.